The van der Waals surface area contributed by atoms with Gasteiger partial charge in [-0.1, -0.05) is 30.3 Å². The summed E-state index contributed by atoms with van der Waals surface area (Å²) in [5.41, 5.74) is 0.857. The Hall–Kier alpha value is -2.53. The summed E-state index contributed by atoms with van der Waals surface area (Å²) in [7, 11) is 0. The van der Waals surface area contributed by atoms with Crippen molar-refractivity contribution in [3.63, 3.8) is 0 Å². The van der Waals surface area contributed by atoms with E-state index in [4.69, 9.17) is 10.1 Å². The van der Waals surface area contributed by atoms with Gasteiger partial charge in [-0.25, -0.2) is 0 Å². The van der Waals surface area contributed by atoms with Gasteiger partial charge in [-0.15, -0.1) is 0 Å². The summed E-state index contributed by atoms with van der Waals surface area (Å²) in [5.74, 6) is 1.23. The third kappa shape index (κ3) is 3.32. The van der Waals surface area contributed by atoms with Gasteiger partial charge in [-0.3, -0.25) is 10.2 Å². The highest BCUT2D eigenvalue weighted by Crippen LogP contribution is 2.27. The van der Waals surface area contributed by atoms with Gasteiger partial charge in [0.05, 0.1) is 4.91 Å². The fourth-order valence-corrected chi connectivity index (χ4v) is 2.59. The molecule has 5 heteroatoms. The lowest BCUT2D eigenvalue weighted by molar-refractivity contribution is -0.115. The maximum atomic E-state index is 11.6. The van der Waals surface area contributed by atoms with Crippen molar-refractivity contribution in [1.82, 2.24) is 5.32 Å². The summed E-state index contributed by atoms with van der Waals surface area (Å²) in [6.45, 7) is 0. The highest BCUT2D eigenvalue weighted by Gasteiger charge is 2.22. The summed E-state index contributed by atoms with van der Waals surface area (Å²) in [6, 6.07) is 17.0. The Kier molecular flexibility index (Phi) is 3.75. The minimum absolute atomic E-state index is 0.156. The second-order valence-electron chi connectivity index (χ2n) is 4.38. The first-order valence-electron chi connectivity index (χ1n) is 6.33. The second kappa shape index (κ2) is 5.85. The molecular formula is C16H12N2O2S. The van der Waals surface area contributed by atoms with E-state index in [2.05, 4.69) is 5.32 Å². The second-order valence-corrected chi connectivity index (χ2v) is 5.43. The first-order valence-corrected chi connectivity index (χ1v) is 7.15. The van der Waals surface area contributed by atoms with Crippen LogP contribution in [0.1, 0.15) is 5.56 Å². The van der Waals surface area contributed by atoms with Crippen LogP contribution in [0.5, 0.6) is 11.5 Å². The lowest BCUT2D eigenvalue weighted by atomic mass is 10.2. The SMILES string of the molecule is N=C1NC(=O)/C(=C\c2cccc(Oc3ccccc3)c2)S1. The molecule has 0 saturated carbocycles. The van der Waals surface area contributed by atoms with E-state index in [1.165, 1.54) is 0 Å². The molecule has 0 atom stereocenters. The Bertz CT molecular complexity index is 726. The smallest absolute Gasteiger partial charge is 0.264 e. The molecule has 2 aromatic carbocycles. The van der Waals surface area contributed by atoms with Crippen molar-refractivity contribution in [3.8, 4) is 11.5 Å². The van der Waals surface area contributed by atoms with E-state index in [0.29, 0.717) is 10.7 Å². The van der Waals surface area contributed by atoms with Gasteiger partial charge in [-0.05, 0) is 47.7 Å². The van der Waals surface area contributed by atoms with Gasteiger partial charge in [0.15, 0.2) is 5.17 Å². The van der Waals surface area contributed by atoms with Gasteiger partial charge in [0.2, 0.25) is 0 Å². The topological polar surface area (TPSA) is 62.2 Å². The number of thioether (sulfide) groups is 1. The summed E-state index contributed by atoms with van der Waals surface area (Å²) in [5, 5.41) is 10.0. The number of amidine groups is 1. The van der Waals surface area contributed by atoms with Gasteiger partial charge in [0.1, 0.15) is 11.5 Å². The molecule has 3 rings (SSSR count). The molecule has 1 heterocycles. The number of hydrogen-bond donors (Lipinski definition) is 2. The molecule has 2 N–H and O–H groups in total. The molecule has 2 aromatic rings. The van der Waals surface area contributed by atoms with Crippen LogP contribution in [-0.4, -0.2) is 11.1 Å². The van der Waals surface area contributed by atoms with Gasteiger partial charge in [0, 0.05) is 0 Å². The van der Waals surface area contributed by atoms with Crippen LogP contribution in [0.2, 0.25) is 0 Å². The quantitative estimate of drug-likeness (QED) is 0.850. The number of hydrogen-bond acceptors (Lipinski definition) is 4. The number of benzene rings is 2. The molecule has 1 amide bonds. The maximum Gasteiger partial charge on any atom is 0.264 e. The minimum atomic E-state index is -0.237. The monoisotopic (exact) mass is 296 g/mol. The van der Waals surface area contributed by atoms with E-state index < -0.39 is 0 Å². The van der Waals surface area contributed by atoms with Crippen molar-refractivity contribution in [2.24, 2.45) is 0 Å². The molecular weight excluding hydrogens is 284 g/mol. The lowest BCUT2D eigenvalue weighted by Crippen LogP contribution is -2.18. The van der Waals surface area contributed by atoms with Crippen LogP contribution < -0.4 is 10.1 Å². The summed E-state index contributed by atoms with van der Waals surface area (Å²) < 4.78 is 5.75. The van der Waals surface area contributed by atoms with Crippen LogP contribution in [0, 0.1) is 5.41 Å². The maximum absolute atomic E-state index is 11.6. The molecule has 1 fully saturated rings. The zero-order valence-electron chi connectivity index (χ0n) is 11.0. The molecule has 0 bridgehead atoms. The lowest BCUT2D eigenvalue weighted by Gasteiger charge is -2.06. The molecule has 104 valence electrons. The van der Waals surface area contributed by atoms with Crippen molar-refractivity contribution in [2.45, 2.75) is 0 Å². The van der Waals surface area contributed by atoms with Crippen LogP contribution in [0.4, 0.5) is 0 Å². The first-order chi connectivity index (χ1) is 10.2. The molecule has 21 heavy (non-hydrogen) atoms. The predicted octanol–water partition coefficient (Wildman–Crippen LogP) is 3.62. The minimum Gasteiger partial charge on any atom is -0.457 e. The molecule has 1 aliphatic rings. The number of carbonyl (C=O) groups excluding carboxylic acids is 1. The van der Waals surface area contributed by atoms with Gasteiger partial charge >= 0.3 is 0 Å². The van der Waals surface area contributed by atoms with Gasteiger partial charge in [-0.2, -0.15) is 0 Å². The summed E-state index contributed by atoms with van der Waals surface area (Å²) in [6.07, 6.45) is 1.75. The Labute approximate surface area is 126 Å². The fraction of sp³-hybridized carbons (Fsp3) is 0. The number of ether oxygens (including phenoxy) is 1. The van der Waals surface area contributed by atoms with Crippen LogP contribution in [0.3, 0.4) is 0 Å². The van der Waals surface area contributed by atoms with Crippen molar-refractivity contribution in [3.05, 3.63) is 65.1 Å². The van der Waals surface area contributed by atoms with E-state index in [1.54, 1.807) is 6.08 Å². The molecule has 0 aromatic heterocycles. The molecule has 1 aliphatic heterocycles. The number of carbonyl (C=O) groups is 1. The number of para-hydroxylation sites is 1. The Morgan fingerprint density at radius 3 is 2.52 bits per heavy atom. The predicted molar refractivity (Wildman–Crippen MR) is 84.4 cm³/mol. The average Bonchev–Trinajstić information content (AvgIpc) is 2.78. The van der Waals surface area contributed by atoms with Gasteiger partial charge in [0.25, 0.3) is 5.91 Å². The van der Waals surface area contributed by atoms with E-state index in [1.807, 2.05) is 54.6 Å². The van der Waals surface area contributed by atoms with Gasteiger partial charge < -0.3 is 10.1 Å². The van der Waals surface area contributed by atoms with E-state index in [-0.39, 0.29) is 11.1 Å². The summed E-state index contributed by atoms with van der Waals surface area (Å²) >= 11 is 1.12. The number of amides is 1. The van der Waals surface area contributed by atoms with Crippen molar-refractivity contribution in [2.75, 3.05) is 0 Å². The Balaban J connectivity index is 1.82. The molecule has 0 radical (unpaired) electrons. The number of nitrogens with one attached hydrogen (secondary N) is 2. The summed E-state index contributed by atoms with van der Waals surface area (Å²) in [4.78, 5) is 12.1. The Morgan fingerprint density at radius 2 is 1.81 bits per heavy atom. The highest BCUT2D eigenvalue weighted by molar-refractivity contribution is 8.18. The van der Waals surface area contributed by atoms with Crippen LogP contribution in [-0.2, 0) is 4.79 Å². The zero-order valence-corrected chi connectivity index (χ0v) is 11.8. The zero-order chi connectivity index (χ0) is 14.7. The van der Waals surface area contributed by atoms with Crippen molar-refractivity contribution in [1.29, 1.82) is 5.41 Å². The molecule has 0 unspecified atom stereocenters. The van der Waals surface area contributed by atoms with Crippen molar-refractivity contribution >= 4 is 28.9 Å². The number of rotatable bonds is 3. The largest absolute Gasteiger partial charge is 0.457 e. The third-order valence-electron chi connectivity index (χ3n) is 2.80. The molecule has 0 spiro atoms. The van der Waals surface area contributed by atoms with E-state index in [9.17, 15) is 4.79 Å². The van der Waals surface area contributed by atoms with Crippen LogP contribution >= 0.6 is 11.8 Å². The standard InChI is InChI=1S/C16H12N2O2S/c17-16-18-15(19)14(21-16)10-11-5-4-8-13(9-11)20-12-6-2-1-3-7-12/h1-10H,(H2,17,18,19)/b14-10+. The van der Waals surface area contributed by atoms with Crippen LogP contribution in [0.25, 0.3) is 6.08 Å². The first kappa shape index (κ1) is 13.5. The van der Waals surface area contributed by atoms with E-state index in [0.717, 1.165) is 23.1 Å². The molecule has 0 aliphatic carbocycles. The third-order valence-corrected chi connectivity index (χ3v) is 3.63. The van der Waals surface area contributed by atoms with E-state index >= 15 is 0 Å². The highest BCUT2D eigenvalue weighted by atomic mass is 32.2. The molecule has 4 nitrogen and oxygen atoms in total. The van der Waals surface area contributed by atoms with Crippen molar-refractivity contribution < 1.29 is 9.53 Å². The average molecular weight is 296 g/mol. The Morgan fingerprint density at radius 1 is 1.05 bits per heavy atom. The molecule has 1 saturated heterocycles. The fourth-order valence-electron chi connectivity index (χ4n) is 1.89. The normalized spacial score (nSPS) is 16.1. The van der Waals surface area contributed by atoms with Crippen LogP contribution in [0.15, 0.2) is 59.5 Å².